The van der Waals surface area contributed by atoms with Gasteiger partial charge in [0.05, 0.1) is 23.6 Å². The average molecular weight is 394 g/mol. The van der Waals surface area contributed by atoms with E-state index in [4.69, 9.17) is 9.72 Å². The fourth-order valence-corrected chi connectivity index (χ4v) is 3.20. The van der Waals surface area contributed by atoms with E-state index in [0.717, 1.165) is 22.6 Å². The van der Waals surface area contributed by atoms with Crippen molar-refractivity contribution in [3.05, 3.63) is 59.4 Å². The smallest absolute Gasteiger partial charge is 0.225 e. The summed E-state index contributed by atoms with van der Waals surface area (Å²) in [5, 5.41) is 3.10. The first-order valence-corrected chi connectivity index (χ1v) is 10.1. The SMILES string of the molecule is Cc1ccc(OCCn2c(C(C)NC(=O)C(C)(C)C)nc3ccccc32)cc1C. The molecule has 0 saturated carbocycles. The molecule has 3 rings (SSSR count). The maximum absolute atomic E-state index is 12.5. The third-order valence-electron chi connectivity index (χ3n) is 5.16. The fraction of sp³-hybridized carbons (Fsp3) is 0.417. The topological polar surface area (TPSA) is 56.1 Å². The summed E-state index contributed by atoms with van der Waals surface area (Å²) in [6, 6.07) is 14.0. The standard InChI is InChI=1S/C24H31N3O2/c1-16-11-12-19(15-17(16)2)29-14-13-27-21-10-8-7-9-20(21)26-22(27)18(3)25-23(28)24(4,5)6/h7-12,15,18H,13-14H2,1-6H3,(H,25,28). The minimum absolute atomic E-state index is 0.00925. The van der Waals surface area contributed by atoms with Gasteiger partial charge in [-0.1, -0.05) is 39.0 Å². The lowest BCUT2D eigenvalue weighted by Crippen LogP contribution is -2.37. The highest BCUT2D eigenvalue weighted by Gasteiger charge is 2.25. The predicted octanol–water partition coefficient (Wildman–Crippen LogP) is 4.96. The second-order valence-corrected chi connectivity index (χ2v) is 8.65. The van der Waals surface area contributed by atoms with Gasteiger partial charge in [0.15, 0.2) is 0 Å². The average Bonchev–Trinajstić information content (AvgIpc) is 3.03. The number of carbonyl (C=O) groups is 1. The van der Waals surface area contributed by atoms with E-state index in [0.29, 0.717) is 13.2 Å². The molecule has 1 unspecified atom stereocenters. The highest BCUT2D eigenvalue weighted by atomic mass is 16.5. The molecule has 3 aromatic rings. The number of imidazole rings is 1. The van der Waals surface area contributed by atoms with E-state index in [-0.39, 0.29) is 11.9 Å². The van der Waals surface area contributed by atoms with Gasteiger partial charge >= 0.3 is 0 Å². The van der Waals surface area contributed by atoms with Gasteiger partial charge < -0.3 is 14.6 Å². The Hall–Kier alpha value is -2.82. The largest absolute Gasteiger partial charge is 0.492 e. The van der Waals surface area contributed by atoms with Crippen LogP contribution in [-0.2, 0) is 11.3 Å². The van der Waals surface area contributed by atoms with Crippen molar-refractivity contribution in [3.63, 3.8) is 0 Å². The maximum atomic E-state index is 12.5. The van der Waals surface area contributed by atoms with Crippen LogP contribution in [0.1, 0.15) is 50.7 Å². The number of hydrogen-bond donors (Lipinski definition) is 1. The summed E-state index contributed by atoms with van der Waals surface area (Å²) in [4.78, 5) is 17.3. The first-order chi connectivity index (χ1) is 13.7. The molecule has 1 amide bonds. The van der Waals surface area contributed by atoms with E-state index < -0.39 is 5.41 Å². The molecule has 2 aromatic carbocycles. The molecule has 1 N–H and O–H groups in total. The van der Waals surface area contributed by atoms with Crippen molar-refractivity contribution in [1.82, 2.24) is 14.9 Å². The second kappa shape index (κ2) is 8.27. The highest BCUT2D eigenvalue weighted by Crippen LogP contribution is 2.23. The van der Waals surface area contributed by atoms with Gasteiger partial charge in [-0.3, -0.25) is 4.79 Å². The number of para-hydroxylation sites is 2. The molecule has 0 saturated heterocycles. The van der Waals surface area contributed by atoms with Gasteiger partial charge in [0.2, 0.25) is 5.91 Å². The van der Waals surface area contributed by atoms with E-state index in [1.807, 2.05) is 52.0 Å². The molecule has 1 aromatic heterocycles. The zero-order valence-corrected chi connectivity index (χ0v) is 18.2. The van der Waals surface area contributed by atoms with Crippen LogP contribution in [0, 0.1) is 19.3 Å². The Morgan fingerprint density at radius 3 is 2.55 bits per heavy atom. The molecule has 5 nitrogen and oxygen atoms in total. The van der Waals surface area contributed by atoms with Gasteiger partial charge in [-0.25, -0.2) is 4.98 Å². The predicted molar refractivity (Wildman–Crippen MR) is 117 cm³/mol. The summed E-state index contributed by atoms with van der Waals surface area (Å²) in [7, 11) is 0. The minimum atomic E-state index is -0.447. The fourth-order valence-electron chi connectivity index (χ4n) is 3.20. The van der Waals surface area contributed by atoms with E-state index in [2.05, 4.69) is 41.9 Å². The van der Waals surface area contributed by atoms with E-state index >= 15 is 0 Å². The Labute approximate surface area is 173 Å². The normalized spacial score (nSPS) is 12.8. The van der Waals surface area contributed by atoms with Crippen molar-refractivity contribution in [1.29, 1.82) is 0 Å². The number of hydrogen-bond acceptors (Lipinski definition) is 3. The number of ether oxygens (including phenoxy) is 1. The van der Waals surface area contributed by atoms with Crippen LogP contribution >= 0.6 is 0 Å². The quantitative estimate of drug-likeness (QED) is 0.644. The Balaban J connectivity index is 1.81. The van der Waals surface area contributed by atoms with Crippen molar-refractivity contribution in [2.24, 2.45) is 5.41 Å². The molecule has 0 aliphatic rings. The Morgan fingerprint density at radius 2 is 1.86 bits per heavy atom. The van der Waals surface area contributed by atoms with Gasteiger partial charge in [0.1, 0.15) is 18.2 Å². The van der Waals surface area contributed by atoms with Crippen molar-refractivity contribution in [2.45, 2.75) is 54.1 Å². The first kappa shape index (κ1) is 20.9. The van der Waals surface area contributed by atoms with Crippen LogP contribution in [0.5, 0.6) is 5.75 Å². The van der Waals surface area contributed by atoms with E-state index in [1.165, 1.54) is 11.1 Å². The third kappa shape index (κ3) is 4.78. The molecular formula is C24H31N3O2. The maximum Gasteiger partial charge on any atom is 0.225 e. The van der Waals surface area contributed by atoms with Crippen molar-refractivity contribution in [3.8, 4) is 5.75 Å². The number of rotatable bonds is 6. The monoisotopic (exact) mass is 393 g/mol. The van der Waals surface area contributed by atoms with Gasteiger partial charge in [-0.2, -0.15) is 0 Å². The molecule has 0 aliphatic carbocycles. The number of nitrogens with zero attached hydrogens (tertiary/aromatic N) is 2. The minimum Gasteiger partial charge on any atom is -0.492 e. The van der Waals surface area contributed by atoms with Crippen molar-refractivity contribution < 1.29 is 9.53 Å². The molecular weight excluding hydrogens is 362 g/mol. The summed E-state index contributed by atoms with van der Waals surface area (Å²) in [6.07, 6.45) is 0. The van der Waals surface area contributed by atoms with Gasteiger partial charge in [-0.15, -0.1) is 0 Å². The second-order valence-electron chi connectivity index (χ2n) is 8.65. The summed E-state index contributed by atoms with van der Waals surface area (Å²) in [5.74, 6) is 1.72. The lowest BCUT2D eigenvalue weighted by Gasteiger charge is -2.22. The van der Waals surface area contributed by atoms with Gasteiger partial charge in [0, 0.05) is 5.41 Å². The number of nitrogens with one attached hydrogen (secondary N) is 1. The summed E-state index contributed by atoms with van der Waals surface area (Å²) in [5.41, 5.74) is 3.99. The summed E-state index contributed by atoms with van der Waals surface area (Å²) >= 11 is 0. The van der Waals surface area contributed by atoms with Crippen molar-refractivity contribution >= 4 is 16.9 Å². The van der Waals surface area contributed by atoms with Gasteiger partial charge in [0.25, 0.3) is 0 Å². The summed E-state index contributed by atoms with van der Waals surface area (Å²) in [6.45, 7) is 13.1. The first-order valence-electron chi connectivity index (χ1n) is 10.1. The Bertz CT molecular complexity index is 1010. The summed E-state index contributed by atoms with van der Waals surface area (Å²) < 4.78 is 8.14. The van der Waals surface area contributed by atoms with Crippen LogP contribution < -0.4 is 10.1 Å². The van der Waals surface area contributed by atoms with Gasteiger partial charge in [-0.05, 0) is 56.2 Å². The van der Waals surface area contributed by atoms with E-state index in [9.17, 15) is 4.79 Å². The number of benzene rings is 2. The van der Waals surface area contributed by atoms with E-state index in [1.54, 1.807) is 0 Å². The number of aromatic nitrogens is 2. The van der Waals surface area contributed by atoms with Crippen LogP contribution in [0.4, 0.5) is 0 Å². The Morgan fingerprint density at radius 1 is 1.14 bits per heavy atom. The number of amides is 1. The molecule has 29 heavy (non-hydrogen) atoms. The van der Waals surface area contributed by atoms with Crippen LogP contribution in [0.15, 0.2) is 42.5 Å². The zero-order valence-electron chi connectivity index (χ0n) is 18.2. The lowest BCUT2D eigenvalue weighted by molar-refractivity contribution is -0.129. The number of aryl methyl sites for hydroxylation is 2. The van der Waals surface area contributed by atoms with Crippen molar-refractivity contribution in [2.75, 3.05) is 6.61 Å². The molecule has 5 heteroatoms. The molecule has 0 spiro atoms. The highest BCUT2D eigenvalue weighted by molar-refractivity contribution is 5.82. The Kier molecular flexibility index (Phi) is 5.96. The molecule has 0 fully saturated rings. The molecule has 0 bridgehead atoms. The molecule has 0 aliphatic heterocycles. The number of carbonyl (C=O) groups excluding carboxylic acids is 1. The zero-order chi connectivity index (χ0) is 21.2. The van der Waals surface area contributed by atoms with Crippen LogP contribution in [-0.4, -0.2) is 22.1 Å². The molecule has 1 atom stereocenters. The third-order valence-corrected chi connectivity index (χ3v) is 5.16. The molecule has 0 radical (unpaired) electrons. The molecule has 1 heterocycles. The van der Waals surface area contributed by atoms with Crippen LogP contribution in [0.2, 0.25) is 0 Å². The van der Waals surface area contributed by atoms with Crippen LogP contribution in [0.3, 0.4) is 0 Å². The van der Waals surface area contributed by atoms with Crippen LogP contribution in [0.25, 0.3) is 11.0 Å². The lowest BCUT2D eigenvalue weighted by atomic mass is 9.95. The number of fused-ring (bicyclic) bond motifs is 1. The molecule has 154 valence electrons.